The Morgan fingerprint density at radius 3 is 2.50 bits per heavy atom. The molecule has 1 heterocycles. The molecule has 0 fully saturated rings. The molecule has 0 bridgehead atoms. The van der Waals surface area contributed by atoms with Crippen LogP contribution in [-0.2, 0) is 4.79 Å². The molecule has 6 nitrogen and oxygen atoms in total. The number of aliphatic hydroxyl groups is 1. The lowest BCUT2D eigenvalue weighted by Gasteiger charge is -2.12. The predicted molar refractivity (Wildman–Crippen MR) is 94.4 cm³/mol. The highest BCUT2D eigenvalue weighted by atomic mass is 16.5. The average Bonchev–Trinajstić information content (AvgIpc) is 2.60. The number of nitrogens with one attached hydrogen (secondary N) is 1. The highest BCUT2D eigenvalue weighted by Crippen LogP contribution is 2.19. The number of carbonyl (C=O) groups is 1. The summed E-state index contributed by atoms with van der Waals surface area (Å²) in [5.41, 5.74) is 1.46. The number of pyridine rings is 1. The van der Waals surface area contributed by atoms with Crippen molar-refractivity contribution < 1.29 is 14.6 Å². The average molecular weight is 329 g/mol. The first-order valence-corrected chi connectivity index (χ1v) is 7.83. The van der Waals surface area contributed by atoms with Crippen molar-refractivity contribution in [3.05, 3.63) is 48.2 Å². The summed E-state index contributed by atoms with van der Waals surface area (Å²) in [6.07, 6.45) is 1.79. The minimum absolute atomic E-state index is 0.0922. The number of nitrogens with zero attached hydrogens (tertiary/aromatic N) is 2. The van der Waals surface area contributed by atoms with Crippen LogP contribution in [0.1, 0.15) is 25.0 Å². The molecule has 1 aromatic carbocycles. The van der Waals surface area contributed by atoms with Crippen molar-refractivity contribution in [3.63, 3.8) is 0 Å². The molecular formula is C18H23N3O3. The number of ether oxygens (including phenoxy) is 1. The van der Waals surface area contributed by atoms with Crippen LogP contribution in [-0.4, -0.2) is 36.7 Å². The van der Waals surface area contributed by atoms with Crippen LogP contribution in [0, 0.1) is 0 Å². The Balaban J connectivity index is 1.84. The molecule has 1 amide bonds. The number of rotatable bonds is 7. The van der Waals surface area contributed by atoms with E-state index in [2.05, 4.69) is 10.3 Å². The van der Waals surface area contributed by atoms with E-state index in [0.717, 1.165) is 11.4 Å². The summed E-state index contributed by atoms with van der Waals surface area (Å²) < 4.78 is 5.45. The fraction of sp³-hybridized carbons (Fsp3) is 0.333. The van der Waals surface area contributed by atoms with E-state index in [0.29, 0.717) is 17.9 Å². The molecule has 2 aromatic rings. The van der Waals surface area contributed by atoms with Crippen molar-refractivity contribution >= 4 is 17.4 Å². The molecule has 128 valence electrons. The molecule has 2 rings (SSSR count). The Morgan fingerprint density at radius 1 is 1.25 bits per heavy atom. The normalized spacial score (nSPS) is 11.7. The largest absolute Gasteiger partial charge is 0.484 e. The number of amides is 1. The summed E-state index contributed by atoms with van der Waals surface area (Å²) in [6.45, 7) is 1.82. The summed E-state index contributed by atoms with van der Waals surface area (Å²) in [5.74, 6) is 1.14. The van der Waals surface area contributed by atoms with E-state index in [4.69, 9.17) is 4.74 Å². The first kappa shape index (κ1) is 17.7. The van der Waals surface area contributed by atoms with Crippen molar-refractivity contribution in [2.75, 3.05) is 30.9 Å². The van der Waals surface area contributed by atoms with Crippen molar-refractivity contribution in [1.82, 2.24) is 4.98 Å². The van der Waals surface area contributed by atoms with Crippen LogP contribution in [0.25, 0.3) is 0 Å². The number of hydrogen-bond donors (Lipinski definition) is 2. The van der Waals surface area contributed by atoms with Gasteiger partial charge in [-0.2, -0.15) is 0 Å². The molecule has 0 aliphatic heterocycles. The van der Waals surface area contributed by atoms with Gasteiger partial charge in [-0.1, -0.05) is 19.1 Å². The fourth-order valence-corrected chi connectivity index (χ4v) is 2.09. The van der Waals surface area contributed by atoms with Gasteiger partial charge in [-0.25, -0.2) is 4.98 Å². The fourth-order valence-electron chi connectivity index (χ4n) is 2.09. The topological polar surface area (TPSA) is 74.7 Å². The van der Waals surface area contributed by atoms with Gasteiger partial charge in [-0.05, 0) is 36.2 Å². The smallest absolute Gasteiger partial charge is 0.262 e. The lowest BCUT2D eigenvalue weighted by molar-refractivity contribution is -0.118. The maximum atomic E-state index is 11.9. The Kier molecular flexibility index (Phi) is 6.14. The van der Waals surface area contributed by atoms with E-state index in [1.54, 1.807) is 36.5 Å². The van der Waals surface area contributed by atoms with Crippen molar-refractivity contribution in [2.45, 2.75) is 19.4 Å². The van der Waals surface area contributed by atoms with Crippen molar-refractivity contribution in [1.29, 1.82) is 0 Å². The van der Waals surface area contributed by atoms with Gasteiger partial charge in [0.1, 0.15) is 11.6 Å². The number of aromatic nitrogens is 1. The quantitative estimate of drug-likeness (QED) is 0.817. The van der Waals surface area contributed by atoms with E-state index < -0.39 is 6.10 Å². The van der Waals surface area contributed by atoms with E-state index >= 15 is 0 Å². The van der Waals surface area contributed by atoms with Gasteiger partial charge in [-0.15, -0.1) is 0 Å². The van der Waals surface area contributed by atoms with Crippen LogP contribution in [0.5, 0.6) is 5.75 Å². The molecule has 0 saturated carbocycles. The molecule has 6 heteroatoms. The summed E-state index contributed by atoms with van der Waals surface area (Å²) >= 11 is 0. The third-order valence-electron chi connectivity index (χ3n) is 3.51. The molecular weight excluding hydrogens is 306 g/mol. The Hall–Kier alpha value is -2.60. The van der Waals surface area contributed by atoms with Crippen LogP contribution in [0.3, 0.4) is 0 Å². The Bertz CT molecular complexity index is 654. The first-order valence-electron chi connectivity index (χ1n) is 7.83. The molecule has 1 unspecified atom stereocenters. The first-order chi connectivity index (χ1) is 11.5. The van der Waals surface area contributed by atoms with Crippen molar-refractivity contribution in [2.24, 2.45) is 0 Å². The molecule has 0 radical (unpaired) electrons. The number of anilines is 2. The van der Waals surface area contributed by atoms with Crippen molar-refractivity contribution in [3.8, 4) is 5.75 Å². The maximum Gasteiger partial charge on any atom is 0.262 e. The van der Waals surface area contributed by atoms with Gasteiger partial charge >= 0.3 is 0 Å². The zero-order valence-corrected chi connectivity index (χ0v) is 14.2. The van der Waals surface area contributed by atoms with Gasteiger partial charge in [0, 0.05) is 14.1 Å². The van der Waals surface area contributed by atoms with Gasteiger partial charge < -0.3 is 20.1 Å². The minimum atomic E-state index is -0.472. The summed E-state index contributed by atoms with van der Waals surface area (Å²) in [6, 6.07) is 10.7. The lowest BCUT2D eigenvalue weighted by Crippen LogP contribution is -2.20. The molecule has 0 aliphatic rings. The zero-order valence-electron chi connectivity index (χ0n) is 14.2. The van der Waals surface area contributed by atoms with E-state index in [1.165, 1.54) is 0 Å². The van der Waals surface area contributed by atoms with Gasteiger partial charge in [0.2, 0.25) is 0 Å². The highest BCUT2D eigenvalue weighted by Gasteiger charge is 2.07. The molecule has 0 saturated heterocycles. The Labute approximate surface area is 142 Å². The monoisotopic (exact) mass is 329 g/mol. The van der Waals surface area contributed by atoms with Crippen LogP contribution in [0.15, 0.2) is 42.6 Å². The second kappa shape index (κ2) is 8.31. The zero-order chi connectivity index (χ0) is 17.5. The predicted octanol–water partition coefficient (Wildman–Crippen LogP) is 2.61. The molecule has 1 atom stereocenters. The second-order valence-corrected chi connectivity index (χ2v) is 5.63. The van der Waals surface area contributed by atoms with Crippen LogP contribution < -0.4 is 15.0 Å². The SMILES string of the molecule is CCC(O)c1ccc(OCC(=O)Nc2ccc(N(C)C)nc2)cc1. The van der Waals surface area contributed by atoms with E-state index in [1.807, 2.05) is 32.0 Å². The standard InChI is InChI=1S/C18H23N3O3/c1-4-16(22)13-5-8-15(9-6-13)24-12-18(23)20-14-7-10-17(19-11-14)21(2)3/h5-11,16,22H,4,12H2,1-3H3,(H,20,23). The molecule has 0 aliphatic carbocycles. The third-order valence-corrected chi connectivity index (χ3v) is 3.51. The number of benzene rings is 1. The summed E-state index contributed by atoms with van der Waals surface area (Å²) in [7, 11) is 3.80. The lowest BCUT2D eigenvalue weighted by atomic mass is 10.1. The van der Waals surface area contributed by atoms with Gasteiger partial charge in [-0.3, -0.25) is 4.79 Å². The van der Waals surface area contributed by atoms with Gasteiger partial charge in [0.15, 0.2) is 6.61 Å². The van der Waals surface area contributed by atoms with Crippen LogP contribution >= 0.6 is 0 Å². The number of carbonyl (C=O) groups excluding carboxylic acids is 1. The third kappa shape index (κ3) is 4.96. The minimum Gasteiger partial charge on any atom is -0.484 e. The number of hydrogen-bond acceptors (Lipinski definition) is 5. The molecule has 1 aromatic heterocycles. The number of aliphatic hydroxyl groups excluding tert-OH is 1. The van der Waals surface area contributed by atoms with Crippen LogP contribution in [0.2, 0.25) is 0 Å². The van der Waals surface area contributed by atoms with Gasteiger partial charge in [0.25, 0.3) is 5.91 Å². The summed E-state index contributed by atoms with van der Waals surface area (Å²) in [4.78, 5) is 18.0. The summed E-state index contributed by atoms with van der Waals surface area (Å²) in [5, 5.41) is 12.5. The van der Waals surface area contributed by atoms with E-state index in [-0.39, 0.29) is 12.5 Å². The molecule has 2 N–H and O–H groups in total. The van der Waals surface area contributed by atoms with E-state index in [9.17, 15) is 9.90 Å². The second-order valence-electron chi connectivity index (χ2n) is 5.63. The van der Waals surface area contributed by atoms with Crippen LogP contribution in [0.4, 0.5) is 11.5 Å². The molecule has 24 heavy (non-hydrogen) atoms. The maximum absolute atomic E-state index is 11.9. The van der Waals surface area contributed by atoms with Gasteiger partial charge in [0.05, 0.1) is 18.0 Å². The molecule has 0 spiro atoms. The highest BCUT2D eigenvalue weighted by molar-refractivity contribution is 5.91. The Morgan fingerprint density at radius 2 is 1.96 bits per heavy atom.